The van der Waals surface area contributed by atoms with Gasteiger partial charge in [0.15, 0.2) is 0 Å². The molecule has 0 atom stereocenters. The van der Waals surface area contributed by atoms with Gasteiger partial charge in [-0.15, -0.1) is 0 Å². The van der Waals surface area contributed by atoms with E-state index in [1.165, 1.54) is 19.3 Å². The summed E-state index contributed by atoms with van der Waals surface area (Å²) in [5.74, 6) is 0.477. The van der Waals surface area contributed by atoms with E-state index in [9.17, 15) is 4.79 Å². The van der Waals surface area contributed by atoms with Crippen LogP contribution in [0.3, 0.4) is 0 Å². The molecule has 0 radical (unpaired) electrons. The van der Waals surface area contributed by atoms with Crippen LogP contribution >= 0.6 is 11.6 Å². The second-order valence-electron chi connectivity index (χ2n) is 5.40. The van der Waals surface area contributed by atoms with Gasteiger partial charge in [0.1, 0.15) is 11.5 Å². The Morgan fingerprint density at radius 1 is 1.47 bits per heavy atom. The minimum atomic E-state index is -0.196. The van der Waals surface area contributed by atoms with Crippen LogP contribution in [0.5, 0.6) is 0 Å². The summed E-state index contributed by atoms with van der Waals surface area (Å²) in [6, 6.07) is 3.47. The molecule has 2 N–H and O–H groups in total. The van der Waals surface area contributed by atoms with Crippen LogP contribution in [0.4, 0.5) is 5.82 Å². The number of nitrogens with one attached hydrogen (secondary N) is 2. The average Bonchev–Trinajstić information content (AvgIpc) is 2.36. The molecule has 1 fully saturated rings. The number of nitrogens with zero attached hydrogens (tertiary/aromatic N) is 1. The first-order valence-corrected chi connectivity index (χ1v) is 7.10. The van der Waals surface area contributed by atoms with E-state index < -0.39 is 0 Å². The van der Waals surface area contributed by atoms with E-state index in [0.717, 1.165) is 6.54 Å². The van der Waals surface area contributed by atoms with E-state index in [0.29, 0.717) is 23.1 Å². The van der Waals surface area contributed by atoms with Crippen LogP contribution in [0.1, 0.15) is 43.6 Å². The number of aromatic nitrogens is 1. The number of pyridine rings is 1. The summed E-state index contributed by atoms with van der Waals surface area (Å²) < 4.78 is 0. The number of halogens is 1. The lowest BCUT2D eigenvalue weighted by Gasteiger charge is -2.38. The average molecular weight is 282 g/mol. The second-order valence-corrected chi connectivity index (χ2v) is 5.81. The first-order chi connectivity index (χ1) is 9.04. The van der Waals surface area contributed by atoms with Crippen molar-refractivity contribution in [2.24, 2.45) is 5.41 Å². The molecule has 1 aromatic heterocycles. The molecular weight excluding hydrogens is 262 g/mol. The monoisotopic (exact) mass is 281 g/mol. The molecular formula is C14H20ClN3O. The van der Waals surface area contributed by atoms with Crippen molar-refractivity contribution >= 4 is 23.3 Å². The van der Waals surface area contributed by atoms with Gasteiger partial charge in [-0.3, -0.25) is 4.79 Å². The Bertz CT molecular complexity index is 472. The third kappa shape index (κ3) is 3.38. The summed E-state index contributed by atoms with van der Waals surface area (Å²) in [5, 5.41) is 6.40. The Morgan fingerprint density at radius 3 is 2.79 bits per heavy atom. The van der Waals surface area contributed by atoms with Gasteiger partial charge in [0.05, 0.1) is 5.02 Å². The zero-order chi connectivity index (χ0) is 13.9. The van der Waals surface area contributed by atoms with Gasteiger partial charge in [0, 0.05) is 13.1 Å². The normalized spacial score (nSPS) is 16.6. The number of carbonyl (C=O) groups excluding carboxylic acids is 1. The molecule has 0 unspecified atom stereocenters. The lowest BCUT2D eigenvalue weighted by Crippen LogP contribution is -2.40. The molecule has 0 bridgehead atoms. The summed E-state index contributed by atoms with van der Waals surface area (Å²) in [5.41, 5.74) is 0.546. The molecule has 1 amide bonds. The third-order valence-corrected chi connectivity index (χ3v) is 3.96. The van der Waals surface area contributed by atoms with Gasteiger partial charge in [-0.1, -0.05) is 24.9 Å². The number of hydrogen-bond acceptors (Lipinski definition) is 3. The Hall–Kier alpha value is -1.29. The molecule has 19 heavy (non-hydrogen) atoms. The minimum absolute atomic E-state index is 0.196. The zero-order valence-electron chi connectivity index (χ0n) is 11.4. The van der Waals surface area contributed by atoms with Gasteiger partial charge in [0.25, 0.3) is 5.91 Å². The van der Waals surface area contributed by atoms with Gasteiger partial charge in [-0.25, -0.2) is 4.98 Å². The van der Waals surface area contributed by atoms with Crippen molar-refractivity contribution in [3.63, 3.8) is 0 Å². The molecule has 1 aliphatic rings. The maximum absolute atomic E-state index is 12.1. The Kier molecular flexibility index (Phi) is 4.30. The van der Waals surface area contributed by atoms with E-state index in [1.54, 1.807) is 12.1 Å². The van der Waals surface area contributed by atoms with E-state index in [2.05, 4.69) is 22.5 Å². The summed E-state index contributed by atoms with van der Waals surface area (Å²) >= 11 is 6.04. The molecule has 1 heterocycles. The SMILES string of the molecule is CCNc1ccc(Cl)c(C(=O)NCC2(C)CCC2)n1. The van der Waals surface area contributed by atoms with Crippen molar-refractivity contribution in [2.45, 2.75) is 33.1 Å². The first kappa shape index (κ1) is 14.1. The molecule has 1 aromatic rings. The first-order valence-electron chi connectivity index (χ1n) is 6.73. The van der Waals surface area contributed by atoms with Crippen LogP contribution in [0.15, 0.2) is 12.1 Å². The number of rotatable bonds is 5. The Labute approximate surface area is 118 Å². The van der Waals surface area contributed by atoms with Crippen LogP contribution in [0.2, 0.25) is 5.02 Å². The Morgan fingerprint density at radius 2 is 2.21 bits per heavy atom. The van der Waals surface area contributed by atoms with Gasteiger partial charge >= 0.3 is 0 Å². The van der Waals surface area contributed by atoms with Crippen LogP contribution in [0.25, 0.3) is 0 Å². The molecule has 1 saturated carbocycles. The molecule has 0 aromatic carbocycles. The quantitative estimate of drug-likeness (QED) is 0.872. The predicted molar refractivity (Wildman–Crippen MR) is 77.7 cm³/mol. The topological polar surface area (TPSA) is 54.0 Å². The van der Waals surface area contributed by atoms with Crippen LogP contribution in [-0.2, 0) is 0 Å². The van der Waals surface area contributed by atoms with Crippen molar-refractivity contribution in [2.75, 3.05) is 18.4 Å². The highest BCUT2D eigenvalue weighted by molar-refractivity contribution is 6.33. The van der Waals surface area contributed by atoms with Crippen LogP contribution in [-0.4, -0.2) is 24.0 Å². The fraction of sp³-hybridized carbons (Fsp3) is 0.571. The number of carbonyl (C=O) groups is 1. The van der Waals surface area contributed by atoms with E-state index in [1.807, 2.05) is 6.92 Å². The lowest BCUT2D eigenvalue weighted by molar-refractivity contribution is 0.0886. The highest BCUT2D eigenvalue weighted by Gasteiger charge is 2.32. The molecule has 104 valence electrons. The molecule has 0 aliphatic heterocycles. The third-order valence-electron chi connectivity index (χ3n) is 3.66. The molecule has 2 rings (SSSR count). The largest absolute Gasteiger partial charge is 0.370 e. The van der Waals surface area contributed by atoms with E-state index >= 15 is 0 Å². The molecule has 1 aliphatic carbocycles. The molecule has 5 heteroatoms. The maximum Gasteiger partial charge on any atom is 0.271 e. The molecule has 0 spiro atoms. The van der Waals surface area contributed by atoms with Gasteiger partial charge in [-0.05, 0) is 37.3 Å². The summed E-state index contributed by atoms with van der Waals surface area (Å²) in [6.45, 7) is 5.62. The van der Waals surface area contributed by atoms with E-state index in [-0.39, 0.29) is 11.3 Å². The van der Waals surface area contributed by atoms with E-state index in [4.69, 9.17) is 11.6 Å². The van der Waals surface area contributed by atoms with Crippen molar-refractivity contribution in [1.82, 2.24) is 10.3 Å². The zero-order valence-corrected chi connectivity index (χ0v) is 12.2. The molecule has 0 saturated heterocycles. The summed E-state index contributed by atoms with van der Waals surface area (Å²) in [4.78, 5) is 16.4. The van der Waals surface area contributed by atoms with Crippen molar-refractivity contribution in [3.05, 3.63) is 22.8 Å². The van der Waals surface area contributed by atoms with Crippen LogP contribution in [0, 0.1) is 5.41 Å². The predicted octanol–water partition coefficient (Wildman–Crippen LogP) is 3.09. The highest BCUT2D eigenvalue weighted by atomic mass is 35.5. The highest BCUT2D eigenvalue weighted by Crippen LogP contribution is 2.39. The molecule has 4 nitrogen and oxygen atoms in total. The lowest BCUT2D eigenvalue weighted by atomic mass is 9.70. The number of hydrogen-bond donors (Lipinski definition) is 2. The van der Waals surface area contributed by atoms with Gasteiger partial charge < -0.3 is 10.6 Å². The summed E-state index contributed by atoms with van der Waals surface area (Å²) in [7, 11) is 0. The number of amides is 1. The standard InChI is InChI=1S/C14H20ClN3O/c1-3-16-11-6-5-10(15)12(18-11)13(19)17-9-14(2)7-4-8-14/h5-6H,3-4,7-9H2,1-2H3,(H,16,18)(H,17,19). The number of anilines is 1. The van der Waals surface area contributed by atoms with Crippen molar-refractivity contribution in [3.8, 4) is 0 Å². The second kappa shape index (κ2) is 5.78. The van der Waals surface area contributed by atoms with Crippen LogP contribution < -0.4 is 10.6 Å². The fourth-order valence-corrected chi connectivity index (χ4v) is 2.41. The Balaban J connectivity index is 2.03. The maximum atomic E-state index is 12.1. The minimum Gasteiger partial charge on any atom is -0.370 e. The van der Waals surface area contributed by atoms with Crippen molar-refractivity contribution < 1.29 is 4.79 Å². The van der Waals surface area contributed by atoms with Crippen molar-refractivity contribution in [1.29, 1.82) is 0 Å². The fourth-order valence-electron chi connectivity index (χ4n) is 2.22. The van der Waals surface area contributed by atoms with Gasteiger partial charge in [0.2, 0.25) is 0 Å². The summed E-state index contributed by atoms with van der Waals surface area (Å²) in [6.07, 6.45) is 3.60. The van der Waals surface area contributed by atoms with Gasteiger partial charge in [-0.2, -0.15) is 0 Å². The smallest absolute Gasteiger partial charge is 0.271 e.